The number of fused-ring (bicyclic) bond motifs is 2. The van der Waals surface area contributed by atoms with Gasteiger partial charge in [-0.15, -0.1) is 0 Å². The first-order valence-corrected chi connectivity index (χ1v) is 10.1. The molecule has 7 heteroatoms. The molecule has 0 N–H and O–H groups in total. The van der Waals surface area contributed by atoms with Crippen LogP contribution in [0.25, 0.3) is 0 Å². The standard InChI is InChI=1S/C21H27NO6/c1-13-16-9-11-22(12-14-4-6-15(24-3)7-5-14)17-8-10-20(2)26-19(25-18(13)23)21(16,17)28-27-20/h4-7,13,16-17,19H,8-12H2,1-3H3/t13-,16+,17-,19-,20-,21+/m1/s1. The Morgan fingerprint density at radius 3 is 2.75 bits per heavy atom. The fourth-order valence-electron chi connectivity index (χ4n) is 5.40. The van der Waals surface area contributed by atoms with Gasteiger partial charge in [-0.25, -0.2) is 9.78 Å². The lowest BCUT2D eigenvalue weighted by atomic mass is 9.67. The topological polar surface area (TPSA) is 66.5 Å². The molecule has 0 radical (unpaired) electrons. The highest BCUT2D eigenvalue weighted by Crippen LogP contribution is 2.55. The second-order valence-corrected chi connectivity index (χ2v) is 8.60. The maximum Gasteiger partial charge on any atom is 0.311 e. The molecule has 1 aromatic rings. The molecule has 5 heterocycles. The zero-order valence-electron chi connectivity index (χ0n) is 16.6. The first-order chi connectivity index (χ1) is 13.4. The molecule has 0 aromatic heterocycles. The predicted molar refractivity (Wildman–Crippen MR) is 98.0 cm³/mol. The number of rotatable bonds is 3. The lowest BCUT2D eigenvalue weighted by Crippen LogP contribution is -2.74. The number of carbonyl (C=O) groups excluding carboxylic acids is 1. The summed E-state index contributed by atoms with van der Waals surface area (Å²) in [7, 11) is 1.67. The number of likely N-dealkylation sites (tertiary alicyclic amines) is 1. The molecule has 6 rings (SSSR count). The van der Waals surface area contributed by atoms with E-state index in [0.717, 1.165) is 31.7 Å². The third-order valence-corrected chi connectivity index (χ3v) is 6.97. The fourth-order valence-corrected chi connectivity index (χ4v) is 5.40. The van der Waals surface area contributed by atoms with Crippen LogP contribution in [0.1, 0.15) is 38.7 Å². The summed E-state index contributed by atoms with van der Waals surface area (Å²) in [5.74, 6) is -0.470. The van der Waals surface area contributed by atoms with Crippen LogP contribution in [0.5, 0.6) is 5.75 Å². The van der Waals surface area contributed by atoms with Gasteiger partial charge in [0.25, 0.3) is 0 Å². The van der Waals surface area contributed by atoms with Gasteiger partial charge in [-0.05, 0) is 44.0 Å². The van der Waals surface area contributed by atoms with Crippen molar-refractivity contribution in [3.05, 3.63) is 29.8 Å². The number of carbonyl (C=O) groups is 1. The van der Waals surface area contributed by atoms with E-state index in [2.05, 4.69) is 17.0 Å². The molecule has 5 aliphatic rings. The molecule has 5 aliphatic heterocycles. The molecule has 0 saturated carbocycles. The predicted octanol–water partition coefficient (Wildman–Crippen LogP) is 2.63. The number of ether oxygens (including phenoxy) is 3. The third kappa shape index (κ3) is 2.60. The minimum absolute atomic E-state index is 0.0125. The van der Waals surface area contributed by atoms with Crippen molar-refractivity contribution in [1.82, 2.24) is 4.90 Å². The largest absolute Gasteiger partial charge is 0.497 e. The van der Waals surface area contributed by atoms with Gasteiger partial charge < -0.3 is 14.2 Å². The minimum Gasteiger partial charge on any atom is -0.497 e. The van der Waals surface area contributed by atoms with Crippen molar-refractivity contribution in [2.45, 2.75) is 63.4 Å². The van der Waals surface area contributed by atoms with Crippen LogP contribution in [0.2, 0.25) is 0 Å². The normalized spacial score (nSPS) is 42.5. The van der Waals surface area contributed by atoms with E-state index in [1.54, 1.807) is 7.11 Å². The Kier molecular flexibility index (Phi) is 4.21. The first kappa shape index (κ1) is 18.4. The lowest BCUT2D eigenvalue weighted by molar-refractivity contribution is -0.557. The summed E-state index contributed by atoms with van der Waals surface area (Å²) in [5, 5.41) is 0. The van der Waals surface area contributed by atoms with Crippen molar-refractivity contribution >= 4 is 5.97 Å². The first-order valence-electron chi connectivity index (χ1n) is 10.1. The van der Waals surface area contributed by atoms with Gasteiger partial charge in [-0.2, -0.15) is 0 Å². The van der Waals surface area contributed by atoms with Crippen molar-refractivity contribution in [1.29, 1.82) is 0 Å². The quantitative estimate of drug-likeness (QED) is 0.582. The molecule has 5 fully saturated rings. The molecule has 0 aliphatic carbocycles. The Labute approximate surface area is 164 Å². The van der Waals surface area contributed by atoms with Gasteiger partial charge in [0.05, 0.1) is 13.0 Å². The van der Waals surface area contributed by atoms with Crippen molar-refractivity contribution in [2.24, 2.45) is 11.8 Å². The number of esters is 1. The van der Waals surface area contributed by atoms with Crippen LogP contribution in [-0.2, 0) is 30.6 Å². The molecule has 6 atom stereocenters. The second kappa shape index (κ2) is 6.42. The smallest absolute Gasteiger partial charge is 0.311 e. The van der Waals surface area contributed by atoms with Gasteiger partial charge in [0.1, 0.15) is 5.75 Å². The summed E-state index contributed by atoms with van der Waals surface area (Å²) in [6, 6.07) is 8.20. The van der Waals surface area contributed by atoms with E-state index in [4.69, 9.17) is 24.0 Å². The highest BCUT2D eigenvalue weighted by Gasteiger charge is 2.70. The molecular weight excluding hydrogens is 362 g/mol. The molecule has 2 bridgehead atoms. The number of piperidine rings is 1. The highest BCUT2D eigenvalue weighted by molar-refractivity contribution is 5.74. The van der Waals surface area contributed by atoms with Crippen LogP contribution >= 0.6 is 0 Å². The minimum atomic E-state index is -0.884. The van der Waals surface area contributed by atoms with Gasteiger partial charge >= 0.3 is 5.97 Å². The summed E-state index contributed by atoms with van der Waals surface area (Å²) in [6.07, 6.45) is 1.66. The second-order valence-electron chi connectivity index (χ2n) is 8.60. The van der Waals surface area contributed by atoms with Gasteiger partial charge in [0.15, 0.2) is 5.60 Å². The molecule has 152 valence electrons. The maximum absolute atomic E-state index is 12.4. The number of hydrogen-bond donors (Lipinski definition) is 0. The zero-order chi connectivity index (χ0) is 19.5. The number of methoxy groups -OCH3 is 1. The van der Waals surface area contributed by atoms with E-state index in [-0.39, 0.29) is 23.8 Å². The van der Waals surface area contributed by atoms with Crippen molar-refractivity contribution in [3.63, 3.8) is 0 Å². The van der Waals surface area contributed by atoms with Gasteiger partial charge in [0.2, 0.25) is 12.1 Å². The lowest BCUT2D eigenvalue weighted by Gasteiger charge is -2.58. The molecule has 1 spiro atoms. The molecular formula is C21H27NO6. The Morgan fingerprint density at radius 1 is 1.21 bits per heavy atom. The Morgan fingerprint density at radius 2 is 2.00 bits per heavy atom. The summed E-state index contributed by atoms with van der Waals surface area (Å²) >= 11 is 0. The van der Waals surface area contributed by atoms with Crippen LogP contribution in [0, 0.1) is 11.8 Å². The Bertz CT molecular complexity index is 769. The number of hydrogen-bond acceptors (Lipinski definition) is 7. The van der Waals surface area contributed by atoms with Crippen LogP contribution < -0.4 is 4.74 Å². The van der Waals surface area contributed by atoms with Gasteiger partial charge in [0, 0.05) is 24.9 Å². The molecule has 1 aromatic carbocycles. The molecule has 0 amide bonds. The van der Waals surface area contributed by atoms with E-state index >= 15 is 0 Å². The van der Waals surface area contributed by atoms with Crippen LogP contribution in [0.3, 0.4) is 0 Å². The molecule has 7 nitrogen and oxygen atoms in total. The SMILES string of the molecule is COc1ccc(CN2CC[C@H]3[C@@H](C)C(=O)O[C@@H]4O[C@@]5(C)CC[C@@H]2[C@]43OO5)cc1. The molecule has 28 heavy (non-hydrogen) atoms. The van der Waals surface area contributed by atoms with Crippen LogP contribution in [-0.4, -0.2) is 48.2 Å². The summed E-state index contributed by atoms with van der Waals surface area (Å²) in [4.78, 5) is 26.7. The average molecular weight is 389 g/mol. The summed E-state index contributed by atoms with van der Waals surface area (Å²) < 4.78 is 17.1. The number of nitrogens with zero attached hydrogens (tertiary/aromatic N) is 1. The summed E-state index contributed by atoms with van der Waals surface area (Å²) in [6.45, 7) is 5.47. The monoisotopic (exact) mass is 389 g/mol. The van der Waals surface area contributed by atoms with Crippen LogP contribution in [0.4, 0.5) is 0 Å². The average Bonchev–Trinajstić information content (AvgIpc) is 2.92. The van der Waals surface area contributed by atoms with E-state index in [9.17, 15) is 4.79 Å². The number of benzene rings is 1. The van der Waals surface area contributed by atoms with E-state index in [1.807, 2.05) is 26.0 Å². The zero-order valence-corrected chi connectivity index (χ0v) is 16.6. The van der Waals surface area contributed by atoms with Crippen molar-refractivity contribution in [2.75, 3.05) is 13.7 Å². The van der Waals surface area contributed by atoms with Crippen LogP contribution in [0.15, 0.2) is 24.3 Å². The van der Waals surface area contributed by atoms with E-state index in [0.29, 0.717) is 6.42 Å². The van der Waals surface area contributed by atoms with Crippen molar-refractivity contribution in [3.8, 4) is 5.75 Å². The maximum atomic E-state index is 12.4. The molecule has 5 saturated heterocycles. The highest BCUT2D eigenvalue weighted by atomic mass is 17.3. The van der Waals surface area contributed by atoms with Gasteiger partial charge in [-0.1, -0.05) is 19.1 Å². The Balaban J connectivity index is 1.49. The van der Waals surface area contributed by atoms with E-state index < -0.39 is 17.7 Å². The van der Waals surface area contributed by atoms with Crippen molar-refractivity contribution < 1.29 is 28.8 Å². The Hall–Kier alpha value is -1.67. The fraction of sp³-hybridized carbons (Fsp3) is 0.667. The van der Waals surface area contributed by atoms with E-state index in [1.165, 1.54) is 5.56 Å². The summed E-state index contributed by atoms with van der Waals surface area (Å²) in [5.41, 5.74) is 0.425. The van der Waals surface area contributed by atoms with Gasteiger partial charge in [-0.3, -0.25) is 9.69 Å². The molecule has 0 unspecified atom stereocenters. The third-order valence-electron chi connectivity index (χ3n) is 6.97.